The molecule has 0 aromatic rings. The molecule has 0 unspecified atom stereocenters. The predicted octanol–water partition coefficient (Wildman–Crippen LogP) is 0.00340. The molecule has 0 saturated carbocycles. The van der Waals surface area contributed by atoms with Crippen LogP contribution in [0.15, 0.2) is 16.7 Å². The third-order valence-electron chi connectivity index (χ3n) is 1.69. The van der Waals surface area contributed by atoms with Gasteiger partial charge in [0.05, 0.1) is 12.0 Å². The molecular weight excluding hydrogens is 182 g/mol. The van der Waals surface area contributed by atoms with Crippen LogP contribution in [0.4, 0.5) is 0 Å². The lowest BCUT2D eigenvalue weighted by Crippen LogP contribution is -2.34. The number of hydrogen-bond donors (Lipinski definition) is 0. The van der Waals surface area contributed by atoms with E-state index < -0.39 is 16.4 Å². The third-order valence-corrected chi connectivity index (χ3v) is 2.58. The van der Waals surface area contributed by atoms with Crippen molar-refractivity contribution in [2.75, 3.05) is 0 Å². The smallest absolute Gasteiger partial charge is 0.381 e. The molecule has 0 N–H and O–H groups in total. The van der Waals surface area contributed by atoms with Gasteiger partial charge in [-0.05, 0) is 13.0 Å². The zero-order valence-corrected chi connectivity index (χ0v) is 7.11. The zero-order valence-electron chi connectivity index (χ0n) is 6.30. The Hall–Kier alpha value is -0.880. The standard InChI is InChI=1S/C6H7NO4S/c1-4-6-5(2-3-10-4)7-12(8,9)11-6/h2-4,6H,1H3/t4-,6-/m0/s1. The van der Waals surface area contributed by atoms with Gasteiger partial charge < -0.3 is 4.74 Å². The first-order valence-corrected chi connectivity index (χ1v) is 4.80. The Kier molecular flexibility index (Phi) is 1.49. The van der Waals surface area contributed by atoms with Gasteiger partial charge in [0.1, 0.15) is 6.10 Å². The second-order valence-corrected chi connectivity index (χ2v) is 3.84. The van der Waals surface area contributed by atoms with Crippen molar-refractivity contribution in [1.29, 1.82) is 0 Å². The average molecular weight is 189 g/mol. The van der Waals surface area contributed by atoms with Crippen LogP contribution in [-0.2, 0) is 19.2 Å². The fourth-order valence-corrected chi connectivity index (χ4v) is 2.11. The molecule has 0 amide bonds. The van der Waals surface area contributed by atoms with E-state index in [-0.39, 0.29) is 6.10 Å². The fourth-order valence-electron chi connectivity index (χ4n) is 1.13. The molecule has 0 aliphatic carbocycles. The number of fused-ring (bicyclic) bond motifs is 1. The number of nitrogens with zero attached hydrogens (tertiary/aromatic N) is 1. The summed E-state index contributed by atoms with van der Waals surface area (Å²) in [5, 5.41) is 0. The van der Waals surface area contributed by atoms with Crippen molar-refractivity contribution in [2.45, 2.75) is 19.1 Å². The monoisotopic (exact) mass is 189 g/mol. The van der Waals surface area contributed by atoms with E-state index in [1.54, 1.807) is 6.92 Å². The van der Waals surface area contributed by atoms with Crippen LogP contribution in [-0.4, -0.2) is 26.3 Å². The molecule has 0 bridgehead atoms. The zero-order chi connectivity index (χ0) is 8.77. The highest BCUT2D eigenvalue weighted by Crippen LogP contribution is 2.22. The largest absolute Gasteiger partial charge is 0.495 e. The van der Waals surface area contributed by atoms with Crippen LogP contribution in [0.2, 0.25) is 0 Å². The van der Waals surface area contributed by atoms with Crippen LogP contribution in [0.5, 0.6) is 0 Å². The molecule has 0 radical (unpaired) electrons. The molecule has 6 heteroatoms. The first kappa shape index (κ1) is 7.75. The van der Waals surface area contributed by atoms with Crippen molar-refractivity contribution in [1.82, 2.24) is 0 Å². The van der Waals surface area contributed by atoms with Gasteiger partial charge >= 0.3 is 10.3 Å². The number of rotatable bonds is 0. The molecule has 0 aromatic carbocycles. The molecule has 0 fully saturated rings. The normalized spacial score (nSPS) is 36.9. The van der Waals surface area contributed by atoms with E-state index in [4.69, 9.17) is 4.74 Å². The van der Waals surface area contributed by atoms with Gasteiger partial charge in [0, 0.05) is 0 Å². The summed E-state index contributed by atoms with van der Waals surface area (Å²) in [6, 6.07) is 0. The van der Waals surface area contributed by atoms with E-state index >= 15 is 0 Å². The lowest BCUT2D eigenvalue weighted by molar-refractivity contribution is 0.0747. The summed E-state index contributed by atoms with van der Waals surface area (Å²) >= 11 is 0. The van der Waals surface area contributed by atoms with Crippen molar-refractivity contribution in [2.24, 2.45) is 4.40 Å². The molecule has 12 heavy (non-hydrogen) atoms. The highest BCUT2D eigenvalue weighted by atomic mass is 32.2. The summed E-state index contributed by atoms with van der Waals surface area (Å²) in [4.78, 5) is 0. The quantitative estimate of drug-likeness (QED) is 0.538. The number of hydrogen-bond acceptors (Lipinski definition) is 4. The summed E-state index contributed by atoms with van der Waals surface area (Å²) in [5.74, 6) is 0. The molecule has 2 heterocycles. The summed E-state index contributed by atoms with van der Waals surface area (Å²) in [6.45, 7) is 1.73. The molecule has 5 nitrogen and oxygen atoms in total. The molecule has 2 aliphatic heterocycles. The van der Waals surface area contributed by atoms with E-state index in [1.165, 1.54) is 12.3 Å². The van der Waals surface area contributed by atoms with Crippen molar-refractivity contribution in [3.63, 3.8) is 0 Å². The molecule has 0 saturated heterocycles. The Morgan fingerprint density at radius 1 is 1.58 bits per heavy atom. The third kappa shape index (κ3) is 1.12. The predicted molar refractivity (Wildman–Crippen MR) is 40.9 cm³/mol. The van der Waals surface area contributed by atoms with Crippen LogP contribution in [0.1, 0.15) is 6.92 Å². The van der Waals surface area contributed by atoms with Gasteiger partial charge in [-0.3, -0.25) is 0 Å². The van der Waals surface area contributed by atoms with Crippen LogP contribution < -0.4 is 0 Å². The molecule has 0 spiro atoms. The number of ether oxygens (including phenoxy) is 1. The molecule has 2 aliphatic rings. The first-order valence-electron chi connectivity index (χ1n) is 3.43. The minimum absolute atomic E-state index is 0.300. The fraction of sp³-hybridized carbons (Fsp3) is 0.500. The lowest BCUT2D eigenvalue weighted by atomic mass is 10.1. The van der Waals surface area contributed by atoms with Gasteiger partial charge in [-0.1, -0.05) is 0 Å². The van der Waals surface area contributed by atoms with Crippen molar-refractivity contribution < 1.29 is 17.3 Å². The first-order chi connectivity index (χ1) is 5.58. The maximum absolute atomic E-state index is 10.8. The lowest BCUT2D eigenvalue weighted by Gasteiger charge is -2.20. The summed E-state index contributed by atoms with van der Waals surface area (Å²) < 4.78 is 34.8. The Morgan fingerprint density at radius 3 is 3.00 bits per heavy atom. The van der Waals surface area contributed by atoms with E-state index in [9.17, 15) is 8.42 Å². The van der Waals surface area contributed by atoms with Gasteiger partial charge in [0.2, 0.25) is 0 Å². The Morgan fingerprint density at radius 2 is 2.33 bits per heavy atom. The molecular formula is C6H7NO4S. The van der Waals surface area contributed by atoms with E-state index in [2.05, 4.69) is 8.58 Å². The van der Waals surface area contributed by atoms with E-state index in [1.807, 2.05) is 0 Å². The maximum Gasteiger partial charge on any atom is 0.381 e. The topological polar surface area (TPSA) is 65.0 Å². The Labute approximate surface area is 70.0 Å². The Balaban J connectivity index is 2.42. The second kappa shape index (κ2) is 2.30. The maximum atomic E-state index is 10.8. The van der Waals surface area contributed by atoms with Gasteiger partial charge in [0.15, 0.2) is 6.10 Å². The second-order valence-electron chi connectivity index (χ2n) is 2.60. The average Bonchev–Trinajstić information content (AvgIpc) is 2.25. The van der Waals surface area contributed by atoms with E-state index in [0.29, 0.717) is 5.71 Å². The van der Waals surface area contributed by atoms with Gasteiger partial charge in [-0.2, -0.15) is 8.42 Å². The highest BCUT2D eigenvalue weighted by Gasteiger charge is 2.37. The molecule has 66 valence electrons. The summed E-state index contributed by atoms with van der Waals surface area (Å²) in [5.41, 5.74) is 0.411. The molecule has 2 atom stereocenters. The summed E-state index contributed by atoms with van der Waals surface area (Å²) in [7, 11) is -3.71. The van der Waals surface area contributed by atoms with Crippen LogP contribution in [0, 0.1) is 0 Å². The van der Waals surface area contributed by atoms with Crippen molar-refractivity contribution in [3.05, 3.63) is 12.3 Å². The molecule has 0 aromatic heterocycles. The van der Waals surface area contributed by atoms with Gasteiger partial charge in [-0.15, -0.1) is 4.40 Å². The van der Waals surface area contributed by atoms with E-state index in [0.717, 1.165) is 0 Å². The van der Waals surface area contributed by atoms with Crippen molar-refractivity contribution in [3.8, 4) is 0 Å². The van der Waals surface area contributed by atoms with Gasteiger partial charge in [-0.25, -0.2) is 4.18 Å². The van der Waals surface area contributed by atoms with Crippen LogP contribution >= 0.6 is 0 Å². The van der Waals surface area contributed by atoms with Crippen LogP contribution in [0.25, 0.3) is 0 Å². The van der Waals surface area contributed by atoms with Crippen LogP contribution in [0.3, 0.4) is 0 Å². The van der Waals surface area contributed by atoms with Gasteiger partial charge in [0.25, 0.3) is 0 Å². The van der Waals surface area contributed by atoms with Crippen molar-refractivity contribution >= 4 is 16.0 Å². The SMILES string of the molecule is C[C@@H]1OC=CC2=NS(=O)(=O)O[C@H]21. The minimum Gasteiger partial charge on any atom is -0.495 e. The highest BCUT2D eigenvalue weighted by molar-refractivity contribution is 7.85. The molecule has 2 rings (SSSR count). The summed E-state index contributed by atoms with van der Waals surface area (Å²) in [6.07, 6.45) is 2.05. The minimum atomic E-state index is -3.71. The Bertz CT molecular complexity index is 356.